The highest BCUT2D eigenvalue weighted by Gasteiger charge is 2.41. The zero-order valence-corrected chi connectivity index (χ0v) is 28.5. The number of carbonyl (C=O) groups is 2. The van der Waals surface area contributed by atoms with Gasteiger partial charge in [0.1, 0.15) is 12.2 Å². The first kappa shape index (κ1) is 32.2. The number of hydrogen-bond acceptors (Lipinski definition) is 6. The summed E-state index contributed by atoms with van der Waals surface area (Å²) in [6.45, 7) is 17.2. The molecular weight excluding hydrogens is 572 g/mol. The van der Waals surface area contributed by atoms with E-state index in [-0.39, 0.29) is 46.3 Å². The second-order valence-corrected chi connectivity index (χ2v) is 16.1. The minimum atomic E-state index is -0.311. The van der Waals surface area contributed by atoms with Crippen LogP contribution >= 0.6 is 0 Å². The van der Waals surface area contributed by atoms with Crippen LogP contribution in [0.3, 0.4) is 0 Å². The molecule has 0 aliphatic carbocycles. The Balaban J connectivity index is 1.35. The van der Waals surface area contributed by atoms with Gasteiger partial charge in [-0.2, -0.15) is 0 Å². The number of esters is 2. The fraction of sp³-hybridized carbons (Fsp3) is 0.450. The maximum atomic E-state index is 13.9. The van der Waals surface area contributed by atoms with Gasteiger partial charge in [-0.3, -0.25) is 0 Å². The van der Waals surface area contributed by atoms with Gasteiger partial charge in [0.05, 0.1) is 11.1 Å². The van der Waals surface area contributed by atoms with E-state index in [2.05, 4.69) is 72.1 Å². The summed E-state index contributed by atoms with van der Waals surface area (Å²) in [6.07, 6.45) is 2.62. The summed E-state index contributed by atoms with van der Waals surface area (Å²) in [4.78, 5) is 27.6. The monoisotopic (exact) mass is 620 g/mol. The molecule has 2 heterocycles. The summed E-state index contributed by atoms with van der Waals surface area (Å²) in [6, 6.07) is 23.8. The van der Waals surface area contributed by atoms with Crippen LogP contribution in [-0.2, 0) is 9.47 Å². The molecule has 0 radical (unpaired) electrons. The highest BCUT2D eigenvalue weighted by atomic mass is 16.5. The van der Waals surface area contributed by atoms with E-state index in [0.29, 0.717) is 11.1 Å². The summed E-state index contributed by atoms with van der Waals surface area (Å²) < 4.78 is 12.4. The van der Waals surface area contributed by atoms with Gasteiger partial charge in [-0.05, 0) is 106 Å². The van der Waals surface area contributed by atoms with Gasteiger partial charge in [0.25, 0.3) is 0 Å². The van der Waals surface area contributed by atoms with Crippen LogP contribution in [0.1, 0.15) is 102 Å². The minimum Gasteiger partial charge on any atom is -0.459 e. The van der Waals surface area contributed by atoms with E-state index in [1.807, 2.05) is 66.7 Å². The quantitative estimate of drug-likeness (QED) is 0.218. The SMILES string of the molecule is CC1(C)CC(OC(=O)c2cc(-c3ccc(C(=O)OC4CC(C)(C)NC(C)(C)C4)c4ccccc34)cc3ccccc23)CC(C)(C)N1. The fourth-order valence-corrected chi connectivity index (χ4v) is 8.42. The molecule has 2 N–H and O–H groups in total. The molecule has 2 aliphatic heterocycles. The van der Waals surface area contributed by atoms with Crippen molar-refractivity contribution in [2.45, 2.75) is 115 Å². The lowest BCUT2D eigenvalue weighted by Gasteiger charge is -2.45. The number of nitrogens with one attached hydrogen (secondary N) is 2. The summed E-state index contributed by atoms with van der Waals surface area (Å²) in [5.74, 6) is -0.620. The Kier molecular flexibility index (Phi) is 8.05. The average Bonchev–Trinajstić information content (AvgIpc) is 2.92. The van der Waals surface area contributed by atoms with Crippen LogP contribution < -0.4 is 10.6 Å². The highest BCUT2D eigenvalue weighted by molar-refractivity contribution is 6.11. The highest BCUT2D eigenvalue weighted by Crippen LogP contribution is 2.37. The molecular formula is C40H48N2O4. The minimum absolute atomic E-state index is 0.131. The van der Waals surface area contributed by atoms with Crippen LogP contribution in [0.5, 0.6) is 0 Å². The van der Waals surface area contributed by atoms with Gasteiger partial charge in [-0.25, -0.2) is 9.59 Å². The number of hydrogen-bond donors (Lipinski definition) is 2. The maximum Gasteiger partial charge on any atom is 0.339 e. The van der Waals surface area contributed by atoms with Crippen molar-refractivity contribution in [3.8, 4) is 11.1 Å². The molecule has 2 aliphatic rings. The molecule has 4 aromatic carbocycles. The Hall–Kier alpha value is -3.74. The molecule has 6 nitrogen and oxygen atoms in total. The van der Waals surface area contributed by atoms with Crippen molar-refractivity contribution in [3.63, 3.8) is 0 Å². The van der Waals surface area contributed by atoms with Crippen LogP contribution in [0.4, 0.5) is 0 Å². The Morgan fingerprint density at radius 1 is 0.565 bits per heavy atom. The van der Waals surface area contributed by atoms with Crippen molar-refractivity contribution in [3.05, 3.63) is 83.9 Å². The largest absolute Gasteiger partial charge is 0.459 e. The molecule has 6 heteroatoms. The molecule has 2 saturated heterocycles. The van der Waals surface area contributed by atoms with Gasteiger partial charge < -0.3 is 20.1 Å². The number of ether oxygens (including phenoxy) is 2. The second kappa shape index (κ2) is 11.5. The molecule has 242 valence electrons. The number of rotatable bonds is 5. The van der Waals surface area contributed by atoms with Crippen LogP contribution in [-0.4, -0.2) is 46.3 Å². The average molecular weight is 621 g/mol. The van der Waals surface area contributed by atoms with E-state index in [0.717, 1.165) is 58.4 Å². The van der Waals surface area contributed by atoms with Crippen LogP contribution in [0.15, 0.2) is 72.8 Å². The maximum absolute atomic E-state index is 13.9. The molecule has 0 atom stereocenters. The molecule has 0 spiro atoms. The third-order valence-corrected chi connectivity index (χ3v) is 9.39. The lowest BCUT2D eigenvalue weighted by atomic mass is 9.81. The third kappa shape index (κ3) is 6.84. The first-order chi connectivity index (χ1) is 21.5. The molecule has 0 bridgehead atoms. The topological polar surface area (TPSA) is 76.7 Å². The van der Waals surface area contributed by atoms with Crippen LogP contribution in [0.2, 0.25) is 0 Å². The fourth-order valence-electron chi connectivity index (χ4n) is 8.42. The van der Waals surface area contributed by atoms with Crippen LogP contribution in [0, 0.1) is 0 Å². The molecule has 2 fully saturated rings. The number of fused-ring (bicyclic) bond motifs is 2. The predicted octanol–water partition coefficient (Wildman–Crippen LogP) is 8.59. The first-order valence-corrected chi connectivity index (χ1v) is 16.6. The smallest absolute Gasteiger partial charge is 0.339 e. The van der Waals surface area contributed by atoms with Crippen molar-refractivity contribution in [1.29, 1.82) is 0 Å². The van der Waals surface area contributed by atoms with Gasteiger partial charge in [0.15, 0.2) is 0 Å². The summed E-state index contributed by atoms with van der Waals surface area (Å²) in [5, 5.41) is 10.9. The Bertz CT molecular complexity index is 1790. The van der Waals surface area contributed by atoms with Crippen molar-refractivity contribution < 1.29 is 19.1 Å². The Labute approximate surface area is 273 Å². The van der Waals surface area contributed by atoms with Crippen molar-refractivity contribution in [2.75, 3.05) is 0 Å². The van der Waals surface area contributed by atoms with Crippen molar-refractivity contribution >= 4 is 33.5 Å². The molecule has 0 amide bonds. The number of carbonyl (C=O) groups excluding carboxylic acids is 2. The van der Waals surface area contributed by atoms with E-state index in [4.69, 9.17) is 9.47 Å². The Morgan fingerprint density at radius 3 is 1.57 bits per heavy atom. The van der Waals surface area contributed by atoms with Crippen molar-refractivity contribution in [1.82, 2.24) is 10.6 Å². The van der Waals surface area contributed by atoms with E-state index in [1.165, 1.54) is 0 Å². The zero-order valence-electron chi connectivity index (χ0n) is 28.5. The van der Waals surface area contributed by atoms with E-state index < -0.39 is 0 Å². The number of piperidine rings is 2. The molecule has 0 saturated carbocycles. The van der Waals surface area contributed by atoms with Gasteiger partial charge in [0, 0.05) is 47.8 Å². The van der Waals surface area contributed by atoms with Gasteiger partial charge in [0.2, 0.25) is 0 Å². The first-order valence-electron chi connectivity index (χ1n) is 16.6. The van der Waals surface area contributed by atoms with Gasteiger partial charge in [-0.15, -0.1) is 0 Å². The van der Waals surface area contributed by atoms with Crippen molar-refractivity contribution in [2.24, 2.45) is 0 Å². The lowest BCUT2D eigenvalue weighted by molar-refractivity contribution is -0.00747. The zero-order chi connectivity index (χ0) is 33.1. The number of benzene rings is 4. The Morgan fingerprint density at radius 2 is 1.02 bits per heavy atom. The summed E-state index contributed by atoms with van der Waals surface area (Å²) >= 11 is 0. The second-order valence-electron chi connectivity index (χ2n) is 16.1. The standard InChI is InChI=1S/C40H48N2O4/c1-37(2)21-27(22-38(3,4)41-37)45-35(43)33-18-17-30(31-15-11-12-16-32(31)33)26-19-25-13-9-10-14-29(25)34(20-26)36(44)46-28-23-39(5,6)42-40(7,8)24-28/h9-20,27-28,41-42H,21-24H2,1-8H3. The molecule has 46 heavy (non-hydrogen) atoms. The molecule has 4 aromatic rings. The third-order valence-electron chi connectivity index (χ3n) is 9.39. The summed E-state index contributed by atoms with van der Waals surface area (Å²) in [5.41, 5.74) is 2.39. The van der Waals surface area contributed by atoms with Gasteiger partial charge in [-0.1, -0.05) is 54.6 Å². The van der Waals surface area contributed by atoms with E-state index in [1.54, 1.807) is 0 Å². The molecule has 0 aromatic heterocycles. The van der Waals surface area contributed by atoms with Crippen LogP contribution in [0.25, 0.3) is 32.7 Å². The summed E-state index contributed by atoms with van der Waals surface area (Å²) in [7, 11) is 0. The van der Waals surface area contributed by atoms with E-state index in [9.17, 15) is 9.59 Å². The predicted molar refractivity (Wildman–Crippen MR) is 186 cm³/mol. The normalized spacial score (nSPS) is 20.8. The molecule has 0 unspecified atom stereocenters. The van der Waals surface area contributed by atoms with Gasteiger partial charge >= 0.3 is 11.9 Å². The van der Waals surface area contributed by atoms with E-state index >= 15 is 0 Å². The lowest BCUT2D eigenvalue weighted by Crippen LogP contribution is -2.59. The molecule has 6 rings (SSSR count).